The van der Waals surface area contributed by atoms with Gasteiger partial charge in [0, 0.05) is 43.2 Å². The van der Waals surface area contributed by atoms with Crippen LogP contribution in [0.1, 0.15) is 84.0 Å². The van der Waals surface area contributed by atoms with E-state index in [2.05, 4.69) is 0 Å². The van der Waals surface area contributed by atoms with Crippen LogP contribution in [0.5, 0.6) is 17.2 Å². The quantitative estimate of drug-likeness (QED) is 0.0954. The fraction of sp³-hybridized carbons (Fsp3) is 0.500. The molecule has 51 heavy (non-hydrogen) atoms. The van der Waals surface area contributed by atoms with Gasteiger partial charge in [-0.3, -0.25) is 14.4 Å². The van der Waals surface area contributed by atoms with E-state index in [1.165, 1.54) is 25.3 Å². The molecule has 0 amide bonds. The Morgan fingerprint density at radius 3 is 2.12 bits per heavy atom. The molecule has 0 spiro atoms. The number of hydrogen-bond acceptors (Lipinski definition) is 13. The lowest BCUT2D eigenvalue weighted by Crippen LogP contribution is -2.45. The smallest absolute Gasteiger partial charge is 0.202 e. The van der Waals surface area contributed by atoms with Crippen LogP contribution in [0.3, 0.4) is 0 Å². The highest BCUT2D eigenvalue weighted by atomic mass is 16.5. The highest BCUT2D eigenvalue weighted by Gasteiger charge is 2.45. The summed E-state index contributed by atoms with van der Waals surface area (Å²) in [6.45, 7) is 9.51. The number of Topliss-reactive ketones (excluding diaryl/α,β-unsaturated/α-hetero) is 1. The zero-order valence-electron chi connectivity index (χ0n) is 31.1. The monoisotopic (exact) mass is 717 g/mol. The van der Waals surface area contributed by atoms with Crippen LogP contribution in [0.25, 0.3) is 0 Å². The molecular formula is C38H55NO12. The number of ether oxygens (including phenoxy) is 4. The molecule has 3 unspecified atom stereocenters. The van der Waals surface area contributed by atoms with E-state index < -0.39 is 41.1 Å². The number of methoxy groups -OCH3 is 4. The Hall–Kier alpha value is -4.11. The van der Waals surface area contributed by atoms with Crippen molar-refractivity contribution in [3.8, 4) is 17.2 Å². The molecule has 0 radical (unpaired) electrons. The first-order valence-corrected chi connectivity index (χ1v) is 16.7. The van der Waals surface area contributed by atoms with Crippen molar-refractivity contribution in [2.75, 3.05) is 48.3 Å². The van der Waals surface area contributed by atoms with Gasteiger partial charge in [0.05, 0.1) is 62.0 Å². The largest absolute Gasteiger partial charge is 0.507 e. The van der Waals surface area contributed by atoms with Crippen molar-refractivity contribution in [3.63, 3.8) is 0 Å². The number of nitrogens with two attached hydrogens (primary N) is 1. The zero-order chi connectivity index (χ0) is 39.1. The third-order valence-corrected chi connectivity index (χ3v) is 8.49. The number of fused-ring (bicyclic) bond motifs is 3. The number of aliphatic hydroxyl groups is 3. The number of carbonyl (C=O) groups is 3. The highest BCUT2D eigenvalue weighted by molar-refractivity contribution is 6.31. The van der Waals surface area contributed by atoms with E-state index in [4.69, 9.17) is 34.9 Å². The van der Waals surface area contributed by atoms with Gasteiger partial charge in [-0.25, -0.2) is 0 Å². The van der Waals surface area contributed by atoms with Crippen LogP contribution in [0, 0.1) is 5.92 Å². The Labute approximate surface area is 300 Å². The van der Waals surface area contributed by atoms with Crippen LogP contribution in [0.2, 0.25) is 0 Å². The molecule has 0 saturated carbocycles. The minimum Gasteiger partial charge on any atom is -0.507 e. The van der Waals surface area contributed by atoms with E-state index in [-0.39, 0.29) is 83.1 Å². The van der Waals surface area contributed by atoms with Crippen LogP contribution in [0.15, 0.2) is 42.2 Å². The first-order chi connectivity index (χ1) is 24.2. The van der Waals surface area contributed by atoms with E-state index in [0.717, 1.165) is 5.76 Å². The summed E-state index contributed by atoms with van der Waals surface area (Å²) in [6.07, 6.45) is 5.16. The van der Waals surface area contributed by atoms with Crippen LogP contribution in [-0.2, 0) is 31.8 Å². The topological polar surface area (TPSA) is 215 Å². The van der Waals surface area contributed by atoms with Gasteiger partial charge in [-0.2, -0.15) is 0 Å². The summed E-state index contributed by atoms with van der Waals surface area (Å²) in [5, 5.41) is 50.1. The van der Waals surface area contributed by atoms with E-state index in [1.807, 2.05) is 52.8 Å². The first kappa shape index (κ1) is 44.9. The molecule has 0 heterocycles. The number of phenols is 2. The SMILES string of the molecule is C/C=C\C=C(/C)OC.CC.COCC(C)C(OC)C(N)CO.COc1cccc2c1C(=O)c1c(O)c3c(c(O)c1C2=O)C[C@@](O)(C(=O)CO)CC3. The summed E-state index contributed by atoms with van der Waals surface area (Å²) in [6, 6.07) is 4.13. The molecule has 4 atom stereocenters. The Bertz CT molecular complexity index is 1550. The number of aromatic hydroxyl groups is 2. The normalized spacial score (nSPS) is 17.9. The predicted molar refractivity (Wildman–Crippen MR) is 193 cm³/mol. The second-order valence-corrected chi connectivity index (χ2v) is 11.7. The lowest BCUT2D eigenvalue weighted by Gasteiger charge is -2.34. The number of carbonyl (C=O) groups excluding carboxylic acids is 3. The maximum Gasteiger partial charge on any atom is 0.202 e. The average molecular weight is 718 g/mol. The molecule has 0 aromatic heterocycles. The Morgan fingerprint density at radius 1 is 1.00 bits per heavy atom. The lowest BCUT2D eigenvalue weighted by atomic mass is 9.73. The second-order valence-electron chi connectivity index (χ2n) is 11.7. The predicted octanol–water partition coefficient (Wildman–Crippen LogP) is 3.41. The van der Waals surface area contributed by atoms with Crippen LogP contribution < -0.4 is 10.5 Å². The number of ketones is 3. The summed E-state index contributed by atoms with van der Waals surface area (Å²) in [5.74, 6) is -1.86. The molecule has 13 nitrogen and oxygen atoms in total. The Kier molecular flexibility index (Phi) is 18.8. The molecule has 4 rings (SSSR count). The van der Waals surface area contributed by atoms with Gasteiger partial charge in [0.15, 0.2) is 11.6 Å². The van der Waals surface area contributed by atoms with E-state index in [1.54, 1.807) is 21.3 Å². The van der Waals surface area contributed by atoms with Gasteiger partial charge in [-0.05, 0) is 38.8 Å². The molecule has 7 N–H and O–H groups in total. The summed E-state index contributed by atoms with van der Waals surface area (Å²) in [7, 11) is 6.24. The minimum absolute atomic E-state index is 0.00456. The van der Waals surface area contributed by atoms with Gasteiger partial charge in [0.2, 0.25) is 5.78 Å². The van der Waals surface area contributed by atoms with E-state index in [0.29, 0.717) is 6.61 Å². The van der Waals surface area contributed by atoms with Crippen molar-refractivity contribution in [1.82, 2.24) is 0 Å². The molecule has 0 aliphatic heterocycles. The van der Waals surface area contributed by atoms with Crippen molar-refractivity contribution in [2.45, 2.75) is 71.6 Å². The van der Waals surface area contributed by atoms with Gasteiger partial charge in [0.1, 0.15) is 29.5 Å². The molecule has 0 bridgehead atoms. The van der Waals surface area contributed by atoms with Crippen molar-refractivity contribution in [3.05, 3.63) is 75.6 Å². The molecule has 0 saturated heterocycles. The number of aliphatic hydroxyl groups excluding tert-OH is 2. The van der Waals surface area contributed by atoms with Crippen LogP contribution >= 0.6 is 0 Å². The van der Waals surface area contributed by atoms with Crippen LogP contribution in [0.4, 0.5) is 0 Å². The van der Waals surface area contributed by atoms with Crippen molar-refractivity contribution in [2.24, 2.45) is 11.7 Å². The molecule has 2 aromatic rings. The van der Waals surface area contributed by atoms with E-state index in [9.17, 15) is 29.7 Å². The van der Waals surface area contributed by atoms with Gasteiger partial charge < -0.3 is 50.2 Å². The van der Waals surface area contributed by atoms with Crippen molar-refractivity contribution in [1.29, 1.82) is 0 Å². The average Bonchev–Trinajstić information content (AvgIpc) is 3.15. The number of hydrogen-bond donors (Lipinski definition) is 6. The molecular weight excluding hydrogens is 662 g/mol. The highest BCUT2D eigenvalue weighted by Crippen LogP contribution is 2.48. The summed E-state index contributed by atoms with van der Waals surface area (Å²) < 4.78 is 20.2. The van der Waals surface area contributed by atoms with Gasteiger partial charge in [-0.1, -0.05) is 45.1 Å². The third-order valence-electron chi connectivity index (χ3n) is 8.49. The molecule has 2 aliphatic carbocycles. The number of phenolic OH excluding ortho intramolecular Hbond substituents is 2. The maximum atomic E-state index is 13.1. The number of allylic oxidation sites excluding steroid dienone is 4. The summed E-state index contributed by atoms with van der Waals surface area (Å²) >= 11 is 0. The third kappa shape index (κ3) is 10.5. The Balaban J connectivity index is 0.000000490. The van der Waals surface area contributed by atoms with Crippen LogP contribution in [-0.4, -0.2) is 109 Å². The van der Waals surface area contributed by atoms with Crippen molar-refractivity contribution < 1.29 is 58.9 Å². The van der Waals surface area contributed by atoms with E-state index >= 15 is 0 Å². The molecule has 2 aliphatic rings. The Morgan fingerprint density at radius 2 is 1.61 bits per heavy atom. The molecule has 13 heteroatoms. The number of benzene rings is 2. The minimum atomic E-state index is -1.93. The molecule has 2 aromatic carbocycles. The standard InChI is InChI=1S/C21H18O8.C8H19NO3.C7H12O.C2H6/c1-29-12-4-2-3-10-14(12)20(27)16-15(18(10)25)19(26)11-7-21(28,13(23)8-22)6-5-9(11)17(16)24;1-6(5-11-2)8(12-3)7(9)4-10;1-4-5-6-7(2)8-3;1-2/h2-4,22,24,26,28H,5-8H2,1H3;6-8,10H,4-5,9H2,1-3H3;4-6H,1-3H3;1-2H3/b;;5-4-,7-6+;/t21-;;;/m1.../s1. The second kappa shape index (κ2) is 21.3. The fourth-order valence-electron chi connectivity index (χ4n) is 5.80. The molecule has 0 fully saturated rings. The fourth-order valence-corrected chi connectivity index (χ4v) is 5.80. The van der Waals surface area contributed by atoms with Crippen molar-refractivity contribution >= 4 is 17.3 Å². The maximum absolute atomic E-state index is 13.1. The lowest BCUT2D eigenvalue weighted by molar-refractivity contribution is -0.141. The van der Waals surface area contributed by atoms with Gasteiger partial charge in [0.25, 0.3) is 0 Å². The number of rotatable bonds is 11. The van der Waals surface area contributed by atoms with Gasteiger partial charge >= 0.3 is 0 Å². The summed E-state index contributed by atoms with van der Waals surface area (Å²) in [5.41, 5.74) is 3.25. The van der Waals surface area contributed by atoms with Gasteiger partial charge in [-0.15, -0.1) is 0 Å². The summed E-state index contributed by atoms with van der Waals surface area (Å²) in [4.78, 5) is 38.2. The first-order valence-electron chi connectivity index (χ1n) is 16.7. The molecule has 284 valence electrons. The zero-order valence-corrected chi connectivity index (χ0v) is 31.1.